The van der Waals surface area contributed by atoms with Crippen molar-refractivity contribution in [2.24, 2.45) is 11.8 Å². The predicted molar refractivity (Wildman–Crippen MR) is 91.0 cm³/mol. The van der Waals surface area contributed by atoms with E-state index in [-0.39, 0.29) is 12.2 Å². The molecule has 0 aliphatic heterocycles. The Morgan fingerprint density at radius 3 is 2.04 bits per heavy atom. The molecular formula is C20H30F2O. The molecule has 0 bridgehead atoms. The van der Waals surface area contributed by atoms with Gasteiger partial charge in [0.25, 0.3) is 0 Å². The number of halogens is 2. The topological polar surface area (TPSA) is 9.23 Å². The Bertz CT molecular complexity index is 447. The summed E-state index contributed by atoms with van der Waals surface area (Å²) in [5.41, 5.74) is 1.13. The van der Waals surface area contributed by atoms with Crippen molar-refractivity contribution in [1.29, 1.82) is 0 Å². The van der Waals surface area contributed by atoms with Crippen molar-refractivity contribution < 1.29 is 13.5 Å². The van der Waals surface area contributed by atoms with Gasteiger partial charge in [-0.15, -0.1) is 0 Å². The van der Waals surface area contributed by atoms with Gasteiger partial charge in [-0.25, -0.2) is 0 Å². The normalized spacial score (nSPS) is 22.1. The fourth-order valence-corrected chi connectivity index (χ4v) is 3.61. The second kappa shape index (κ2) is 8.65. The zero-order valence-electron chi connectivity index (χ0n) is 14.5. The fourth-order valence-electron chi connectivity index (χ4n) is 3.61. The number of rotatable bonds is 8. The summed E-state index contributed by atoms with van der Waals surface area (Å²) >= 11 is 0. The molecule has 1 saturated carbocycles. The SMILES string of the molecule is CCCC1CCC(CCC(F)(F)Oc2ccc(CC)cc2)CC1. The number of hydrogen-bond acceptors (Lipinski definition) is 1. The molecule has 0 aromatic heterocycles. The summed E-state index contributed by atoms with van der Waals surface area (Å²) in [6.07, 6.45) is 5.39. The zero-order valence-corrected chi connectivity index (χ0v) is 14.5. The van der Waals surface area contributed by atoms with Crippen LogP contribution in [-0.4, -0.2) is 6.11 Å². The van der Waals surface area contributed by atoms with Crippen LogP contribution in [0.4, 0.5) is 8.78 Å². The van der Waals surface area contributed by atoms with Crippen molar-refractivity contribution in [2.45, 2.75) is 77.7 Å². The Balaban J connectivity index is 1.75. The lowest BCUT2D eigenvalue weighted by molar-refractivity contribution is -0.183. The molecule has 0 saturated heterocycles. The molecule has 0 amide bonds. The summed E-state index contributed by atoms with van der Waals surface area (Å²) in [7, 11) is 0. The summed E-state index contributed by atoms with van der Waals surface area (Å²) in [5, 5.41) is 0. The predicted octanol–water partition coefficient (Wildman–Crippen LogP) is 6.61. The molecular weight excluding hydrogens is 294 g/mol. The first-order valence-corrected chi connectivity index (χ1v) is 9.18. The number of aryl methyl sites for hydroxylation is 1. The zero-order chi connectivity index (χ0) is 16.7. The number of alkyl halides is 2. The second-order valence-corrected chi connectivity index (χ2v) is 6.95. The Kier molecular flexibility index (Phi) is 6.86. The van der Waals surface area contributed by atoms with E-state index in [9.17, 15) is 8.78 Å². The first kappa shape index (κ1) is 18.2. The summed E-state index contributed by atoms with van der Waals surface area (Å²) in [6, 6.07) is 6.98. The molecule has 0 N–H and O–H groups in total. The van der Waals surface area contributed by atoms with Crippen molar-refractivity contribution >= 4 is 0 Å². The lowest BCUT2D eigenvalue weighted by Crippen LogP contribution is -2.26. The third kappa shape index (κ3) is 6.12. The Labute approximate surface area is 139 Å². The highest BCUT2D eigenvalue weighted by atomic mass is 19.3. The van der Waals surface area contributed by atoms with Gasteiger partial charge in [0.05, 0.1) is 6.42 Å². The van der Waals surface area contributed by atoms with Gasteiger partial charge >= 0.3 is 6.11 Å². The molecule has 2 rings (SSSR count). The van der Waals surface area contributed by atoms with Gasteiger partial charge in [0.1, 0.15) is 5.75 Å². The van der Waals surface area contributed by atoms with E-state index in [1.165, 1.54) is 25.7 Å². The standard InChI is InChI=1S/C20H30F2O/c1-3-5-17-6-8-18(9-7-17)14-15-20(21,22)23-19-12-10-16(4-2)11-13-19/h10-13,17-18H,3-9,14-15H2,1-2H3. The Morgan fingerprint density at radius 2 is 1.52 bits per heavy atom. The van der Waals surface area contributed by atoms with Crippen LogP contribution in [0, 0.1) is 11.8 Å². The minimum Gasteiger partial charge on any atom is -0.433 e. The van der Waals surface area contributed by atoms with E-state index in [0.29, 0.717) is 12.3 Å². The molecule has 1 nitrogen and oxygen atoms in total. The van der Waals surface area contributed by atoms with E-state index in [2.05, 4.69) is 6.92 Å². The van der Waals surface area contributed by atoms with Gasteiger partial charge in [0, 0.05) is 0 Å². The highest BCUT2D eigenvalue weighted by molar-refractivity contribution is 5.27. The average molecular weight is 324 g/mol. The summed E-state index contributed by atoms with van der Waals surface area (Å²) in [6.45, 7) is 4.26. The van der Waals surface area contributed by atoms with E-state index in [1.54, 1.807) is 12.1 Å². The molecule has 1 aliphatic rings. The summed E-state index contributed by atoms with van der Waals surface area (Å²) in [4.78, 5) is 0. The van der Waals surface area contributed by atoms with Crippen molar-refractivity contribution in [3.8, 4) is 5.75 Å². The highest BCUT2D eigenvalue weighted by Crippen LogP contribution is 2.36. The van der Waals surface area contributed by atoms with Crippen LogP contribution in [0.1, 0.15) is 70.8 Å². The van der Waals surface area contributed by atoms with Gasteiger partial charge in [0.2, 0.25) is 0 Å². The van der Waals surface area contributed by atoms with Crippen molar-refractivity contribution in [2.75, 3.05) is 0 Å². The minimum absolute atomic E-state index is 0.175. The van der Waals surface area contributed by atoms with E-state index < -0.39 is 6.11 Å². The van der Waals surface area contributed by atoms with Crippen LogP contribution < -0.4 is 4.74 Å². The molecule has 1 aromatic carbocycles. The van der Waals surface area contributed by atoms with Crippen LogP contribution >= 0.6 is 0 Å². The van der Waals surface area contributed by atoms with E-state index in [0.717, 1.165) is 30.7 Å². The van der Waals surface area contributed by atoms with Crippen molar-refractivity contribution in [3.63, 3.8) is 0 Å². The maximum absolute atomic E-state index is 14.0. The van der Waals surface area contributed by atoms with E-state index in [4.69, 9.17) is 4.74 Å². The van der Waals surface area contributed by atoms with Crippen molar-refractivity contribution in [3.05, 3.63) is 29.8 Å². The van der Waals surface area contributed by atoms with Gasteiger partial charge in [0.15, 0.2) is 0 Å². The van der Waals surface area contributed by atoms with Gasteiger partial charge in [-0.3, -0.25) is 0 Å². The molecule has 3 heteroatoms. The molecule has 0 spiro atoms. The van der Waals surface area contributed by atoms with Crippen LogP contribution in [0.3, 0.4) is 0 Å². The molecule has 0 heterocycles. The van der Waals surface area contributed by atoms with Crippen molar-refractivity contribution in [1.82, 2.24) is 0 Å². The van der Waals surface area contributed by atoms with E-state index >= 15 is 0 Å². The smallest absolute Gasteiger partial charge is 0.397 e. The lowest BCUT2D eigenvalue weighted by atomic mass is 9.78. The number of ether oxygens (including phenoxy) is 1. The highest BCUT2D eigenvalue weighted by Gasteiger charge is 2.33. The summed E-state index contributed by atoms with van der Waals surface area (Å²) < 4.78 is 33.0. The molecule has 130 valence electrons. The Morgan fingerprint density at radius 1 is 0.957 bits per heavy atom. The first-order valence-electron chi connectivity index (χ1n) is 9.18. The van der Waals surface area contributed by atoms with Gasteiger partial charge in [-0.1, -0.05) is 64.5 Å². The molecule has 0 radical (unpaired) electrons. The third-order valence-corrected chi connectivity index (χ3v) is 5.11. The van der Waals surface area contributed by atoms with Gasteiger partial charge in [-0.05, 0) is 42.4 Å². The third-order valence-electron chi connectivity index (χ3n) is 5.11. The molecule has 0 unspecified atom stereocenters. The summed E-state index contributed by atoms with van der Waals surface area (Å²) in [5.74, 6) is 1.53. The quantitative estimate of drug-likeness (QED) is 0.523. The lowest BCUT2D eigenvalue weighted by Gasteiger charge is -2.29. The Hall–Kier alpha value is -1.12. The van der Waals surface area contributed by atoms with Crippen LogP contribution in [-0.2, 0) is 6.42 Å². The monoisotopic (exact) mass is 324 g/mol. The van der Waals surface area contributed by atoms with Crippen LogP contribution in [0.2, 0.25) is 0 Å². The number of hydrogen-bond donors (Lipinski definition) is 0. The van der Waals surface area contributed by atoms with E-state index in [1.807, 2.05) is 19.1 Å². The maximum atomic E-state index is 14.0. The average Bonchev–Trinajstić information content (AvgIpc) is 2.55. The molecule has 1 fully saturated rings. The molecule has 1 aromatic rings. The second-order valence-electron chi connectivity index (χ2n) is 6.95. The molecule has 1 aliphatic carbocycles. The molecule has 0 atom stereocenters. The van der Waals surface area contributed by atoms with Crippen LogP contribution in [0.15, 0.2) is 24.3 Å². The maximum Gasteiger partial charge on any atom is 0.397 e. The van der Waals surface area contributed by atoms with Crippen LogP contribution in [0.25, 0.3) is 0 Å². The largest absolute Gasteiger partial charge is 0.433 e. The number of benzene rings is 1. The fraction of sp³-hybridized carbons (Fsp3) is 0.700. The first-order chi connectivity index (χ1) is 11.0. The molecule has 23 heavy (non-hydrogen) atoms. The minimum atomic E-state index is -3.06. The van der Waals surface area contributed by atoms with Gasteiger partial charge in [-0.2, -0.15) is 8.78 Å². The van der Waals surface area contributed by atoms with Crippen LogP contribution in [0.5, 0.6) is 5.75 Å². The van der Waals surface area contributed by atoms with Gasteiger partial charge < -0.3 is 4.74 Å².